The summed E-state index contributed by atoms with van der Waals surface area (Å²) in [6.07, 6.45) is 3.32. The first-order valence-corrected chi connectivity index (χ1v) is 11.2. The fourth-order valence-electron chi connectivity index (χ4n) is 4.00. The lowest BCUT2D eigenvalue weighted by Gasteiger charge is -2.34. The average molecular weight is 429 g/mol. The van der Waals surface area contributed by atoms with Crippen molar-refractivity contribution in [2.75, 3.05) is 32.1 Å². The number of nitrogens with zero attached hydrogens (tertiary/aromatic N) is 1. The molecule has 4 nitrogen and oxygen atoms in total. The molecule has 3 rings (SSSR count). The fourth-order valence-corrected chi connectivity index (χ4v) is 4.13. The molecule has 1 aliphatic heterocycles. The molecule has 1 amide bonds. The Morgan fingerprint density at radius 1 is 1.17 bits per heavy atom. The number of benzene rings is 2. The van der Waals surface area contributed by atoms with E-state index in [4.69, 9.17) is 16.3 Å². The van der Waals surface area contributed by atoms with Gasteiger partial charge in [-0.15, -0.1) is 0 Å². The van der Waals surface area contributed by atoms with Gasteiger partial charge >= 0.3 is 0 Å². The molecule has 5 heteroatoms. The zero-order valence-electron chi connectivity index (χ0n) is 18.2. The number of hydrogen-bond donors (Lipinski definition) is 1. The minimum absolute atomic E-state index is 0.0153. The van der Waals surface area contributed by atoms with Gasteiger partial charge in [-0.1, -0.05) is 49.7 Å². The quantitative estimate of drug-likeness (QED) is 0.614. The Hall–Kier alpha value is -1.88. The van der Waals surface area contributed by atoms with E-state index in [0.717, 1.165) is 49.6 Å². The lowest BCUT2D eigenvalue weighted by molar-refractivity contribution is -0.118. The lowest BCUT2D eigenvalue weighted by Crippen LogP contribution is -2.39. The van der Waals surface area contributed by atoms with Crippen molar-refractivity contribution in [3.05, 3.63) is 64.7 Å². The van der Waals surface area contributed by atoms with Crippen molar-refractivity contribution in [3.63, 3.8) is 0 Å². The van der Waals surface area contributed by atoms with E-state index in [1.54, 1.807) is 7.11 Å². The van der Waals surface area contributed by atoms with E-state index in [0.29, 0.717) is 5.92 Å². The number of carbonyl (C=O) groups is 1. The van der Waals surface area contributed by atoms with Crippen LogP contribution in [0.4, 0.5) is 5.69 Å². The highest BCUT2D eigenvalue weighted by Crippen LogP contribution is 2.30. The number of piperidine rings is 1. The average Bonchev–Trinajstić information content (AvgIpc) is 2.75. The number of halogens is 1. The van der Waals surface area contributed by atoms with Crippen molar-refractivity contribution in [1.29, 1.82) is 0 Å². The topological polar surface area (TPSA) is 41.6 Å². The molecule has 0 aromatic heterocycles. The number of rotatable bonds is 8. The highest BCUT2D eigenvalue weighted by atomic mass is 35.5. The largest absolute Gasteiger partial charge is 0.380 e. The monoisotopic (exact) mass is 428 g/mol. The van der Waals surface area contributed by atoms with Crippen LogP contribution in [0.2, 0.25) is 5.02 Å². The third-order valence-electron chi connectivity index (χ3n) is 5.91. The molecule has 1 saturated heterocycles. The van der Waals surface area contributed by atoms with Gasteiger partial charge in [-0.05, 0) is 73.7 Å². The molecular weight excluding hydrogens is 396 g/mol. The van der Waals surface area contributed by atoms with Crippen molar-refractivity contribution in [2.45, 2.75) is 45.1 Å². The van der Waals surface area contributed by atoms with Crippen molar-refractivity contribution < 1.29 is 9.53 Å². The van der Waals surface area contributed by atoms with Gasteiger partial charge in [0.15, 0.2) is 0 Å². The first-order chi connectivity index (χ1) is 14.4. The number of carbonyl (C=O) groups excluding carboxylic acids is 1. The van der Waals surface area contributed by atoms with Crippen molar-refractivity contribution in [3.8, 4) is 0 Å². The Balaban J connectivity index is 1.51. The summed E-state index contributed by atoms with van der Waals surface area (Å²) in [5.41, 5.74) is 3.47. The molecule has 1 heterocycles. The molecule has 1 fully saturated rings. The van der Waals surface area contributed by atoms with Crippen molar-refractivity contribution >= 4 is 23.2 Å². The smallest absolute Gasteiger partial charge is 0.226 e. The molecular formula is C25H33ClN2O2. The molecule has 0 bridgehead atoms. The number of likely N-dealkylation sites (tertiary alicyclic amines) is 1. The van der Waals surface area contributed by atoms with E-state index in [-0.39, 0.29) is 17.9 Å². The van der Waals surface area contributed by atoms with Gasteiger partial charge in [0.05, 0.1) is 6.10 Å². The maximum absolute atomic E-state index is 12.0. The van der Waals surface area contributed by atoms with Crippen LogP contribution in [0.5, 0.6) is 0 Å². The molecule has 0 aliphatic carbocycles. The second-order valence-electron chi connectivity index (χ2n) is 8.53. The summed E-state index contributed by atoms with van der Waals surface area (Å²) in [4.78, 5) is 14.5. The molecule has 0 radical (unpaired) electrons. The van der Waals surface area contributed by atoms with Gasteiger partial charge < -0.3 is 15.0 Å². The first kappa shape index (κ1) is 22.8. The van der Waals surface area contributed by atoms with E-state index in [2.05, 4.69) is 34.5 Å². The molecule has 2 aromatic carbocycles. The van der Waals surface area contributed by atoms with Crippen LogP contribution in [-0.4, -0.2) is 43.7 Å². The first-order valence-electron chi connectivity index (χ1n) is 10.8. The molecule has 1 unspecified atom stereocenters. The Labute approximate surface area is 185 Å². The van der Waals surface area contributed by atoms with Crippen LogP contribution in [0.15, 0.2) is 48.5 Å². The number of amides is 1. The normalized spacial score (nSPS) is 16.6. The molecule has 1 aliphatic rings. The highest BCUT2D eigenvalue weighted by molar-refractivity contribution is 6.30. The third-order valence-corrected chi connectivity index (χ3v) is 6.16. The van der Waals surface area contributed by atoms with Crippen LogP contribution in [0, 0.1) is 5.92 Å². The van der Waals surface area contributed by atoms with Gasteiger partial charge in [0.1, 0.15) is 0 Å². The van der Waals surface area contributed by atoms with Gasteiger partial charge in [-0.2, -0.15) is 0 Å². The second-order valence-corrected chi connectivity index (χ2v) is 8.97. The molecule has 1 atom stereocenters. The standard InChI is InChI=1S/C25H33ClN2O2/c1-18(2)25(29)27-23-6-4-5-21(16-23)20-11-13-28(14-12-20)17-24(30-3)15-19-7-9-22(26)10-8-19/h4-10,16,18,20,24H,11-15,17H2,1-3H3,(H,27,29). The minimum atomic E-state index is -0.0153. The van der Waals surface area contributed by atoms with Crippen LogP contribution < -0.4 is 5.32 Å². The zero-order valence-corrected chi connectivity index (χ0v) is 19.0. The van der Waals surface area contributed by atoms with Crippen LogP contribution >= 0.6 is 11.6 Å². The highest BCUT2D eigenvalue weighted by Gasteiger charge is 2.23. The van der Waals surface area contributed by atoms with Crippen LogP contribution in [0.3, 0.4) is 0 Å². The lowest BCUT2D eigenvalue weighted by atomic mass is 9.89. The van der Waals surface area contributed by atoms with Gasteiger partial charge in [0, 0.05) is 30.3 Å². The number of methoxy groups -OCH3 is 1. The van der Waals surface area contributed by atoms with Crippen LogP contribution in [-0.2, 0) is 16.0 Å². The molecule has 2 aromatic rings. The Kier molecular flexibility index (Phi) is 8.32. The molecule has 30 heavy (non-hydrogen) atoms. The molecule has 162 valence electrons. The molecule has 0 saturated carbocycles. The Bertz CT molecular complexity index is 814. The summed E-state index contributed by atoms with van der Waals surface area (Å²) in [7, 11) is 1.80. The molecule has 1 N–H and O–H groups in total. The van der Waals surface area contributed by atoms with E-state index < -0.39 is 0 Å². The van der Waals surface area contributed by atoms with Gasteiger partial charge in [0.2, 0.25) is 5.91 Å². The number of ether oxygens (including phenoxy) is 1. The summed E-state index contributed by atoms with van der Waals surface area (Å²) in [5, 5.41) is 3.78. The zero-order chi connectivity index (χ0) is 21.5. The predicted octanol–water partition coefficient (Wildman–Crippen LogP) is 5.37. The number of hydrogen-bond acceptors (Lipinski definition) is 3. The number of nitrogens with one attached hydrogen (secondary N) is 1. The van der Waals surface area contributed by atoms with Crippen molar-refractivity contribution in [1.82, 2.24) is 4.90 Å². The SMILES string of the molecule is COC(Cc1ccc(Cl)cc1)CN1CCC(c2cccc(NC(=O)C(C)C)c2)CC1. The summed E-state index contributed by atoms with van der Waals surface area (Å²) in [6, 6.07) is 16.4. The summed E-state index contributed by atoms with van der Waals surface area (Å²) in [6.45, 7) is 6.89. The number of anilines is 1. The Morgan fingerprint density at radius 2 is 1.87 bits per heavy atom. The van der Waals surface area contributed by atoms with Gasteiger partial charge in [-0.25, -0.2) is 0 Å². The minimum Gasteiger partial charge on any atom is -0.380 e. The van der Waals surface area contributed by atoms with E-state index in [1.807, 2.05) is 38.1 Å². The van der Waals surface area contributed by atoms with Gasteiger partial charge in [-0.3, -0.25) is 4.79 Å². The van der Waals surface area contributed by atoms with E-state index in [9.17, 15) is 4.79 Å². The van der Waals surface area contributed by atoms with Gasteiger partial charge in [0.25, 0.3) is 0 Å². The second kappa shape index (κ2) is 10.9. The molecule has 0 spiro atoms. The van der Waals surface area contributed by atoms with E-state index in [1.165, 1.54) is 11.1 Å². The van der Waals surface area contributed by atoms with Crippen molar-refractivity contribution in [2.24, 2.45) is 5.92 Å². The maximum Gasteiger partial charge on any atom is 0.226 e. The fraction of sp³-hybridized carbons (Fsp3) is 0.480. The third kappa shape index (κ3) is 6.56. The van der Waals surface area contributed by atoms with E-state index >= 15 is 0 Å². The summed E-state index contributed by atoms with van der Waals surface area (Å²) >= 11 is 5.99. The predicted molar refractivity (Wildman–Crippen MR) is 124 cm³/mol. The Morgan fingerprint density at radius 3 is 2.50 bits per heavy atom. The summed E-state index contributed by atoms with van der Waals surface area (Å²) in [5.74, 6) is 0.584. The summed E-state index contributed by atoms with van der Waals surface area (Å²) < 4.78 is 5.76. The maximum atomic E-state index is 12.0. The van der Waals surface area contributed by atoms with Crippen LogP contribution in [0.1, 0.15) is 43.7 Å². The van der Waals surface area contributed by atoms with Crippen LogP contribution in [0.25, 0.3) is 0 Å².